The molecule has 0 aromatic heterocycles. The highest BCUT2D eigenvalue weighted by molar-refractivity contribution is 5.55. The Kier molecular flexibility index (Phi) is 3.15. The lowest BCUT2D eigenvalue weighted by atomic mass is 9.95. The zero-order chi connectivity index (χ0) is 11.4. The van der Waals surface area contributed by atoms with Crippen LogP contribution in [0.4, 0.5) is 0 Å². The van der Waals surface area contributed by atoms with Crippen molar-refractivity contribution in [1.29, 1.82) is 0 Å². The molecule has 1 rings (SSSR count). The molecule has 2 N–H and O–H groups in total. The molecule has 0 atom stereocenters. The van der Waals surface area contributed by atoms with Gasteiger partial charge in [0.1, 0.15) is 11.1 Å². The fourth-order valence-electron chi connectivity index (χ4n) is 1.47. The number of benzene rings is 1. The molecule has 0 amide bonds. The van der Waals surface area contributed by atoms with Gasteiger partial charge in [-0.1, -0.05) is 0 Å². The van der Waals surface area contributed by atoms with Crippen LogP contribution in [0.1, 0.15) is 27.8 Å². The molecule has 0 aliphatic heterocycles. The summed E-state index contributed by atoms with van der Waals surface area (Å²) in [5.74, 6) is 0. The van der Waals surface area contributed by atoms with Crippen LogP contribution in [-0.2, 0) is 0 Å². The van der Waals surface area contributed by atoms with E-state index >= 15 is 0 Å². The first-order valence-corrected chi connectivity index (χ1v) is 4.42. The summed E-state index contributed by atoms with van der Waals surface area (Å²) in [5.41, 5.74) is 4.21. The van der Waals surface area contributed by atoms with E-state index in [1.54, 1.807) is 6.07 Å². The lowest BCUT2D eigenvalue weighted by molar-refractivity contribution is 0.464. The largest absolute Gasteiger partial charge is 0.388 e. The summed E-state index contributed by atoms with van der Waals surface area (Å²) in [5, 5.41) is 22.7. The van der Waals surface area contributed by atoms with Gasteiger partial charge in [-0.25, -0.2) is 0 Å². The third-order valence-electron chi connectivity index (χ3n) is 2.43. The van der Waals surface area contributed by atoms with Gasteiger partial charge in [0.25, 0.3) is 0 Å². The van der Waals surface area contributed by atoms with Gasteiger partial charge in [-0.2, -0.15) is 10.4 Å². The summed E-state index contributed by atoms with van der Waals surface area (Å²) in [6.45, 7) is 5.63. The quantitative estimate of drug-likeness (QED) is 0.638. The summed E-state index contributed by atoms with van der Waals surface area (Å²) in [7, 11) is 0. The second kappa shape index (κ2) is 4.34. The van der Waals surface area contributed by atoms with E-state index in [1.165, 1.54) is 0 Å². The summed E-state index contributed by atoms with van der Waals surface area (Å²) in [4.78, 5) is 0. The van der Waals surface area contributed by atoms with E-state index in [4.69, 9.17) is 10.4 Å². The molecule has 4 heteroatoms. The average Bonchev–Trinajstić information content (AvgIpc) is 2.21. The number of hydrogen-bond donors (Lipinski definition) is 2. The highest BCUT2D eigenvalue weighted by Crippen LogP contribution is 2.20. The van der Waals surface area contributed by atoms with Gasteiger partial charge in [-0.15, -0.1) is 0 Å². The average molecular weight is 204 g/mol. The summed E-state index contributed by atoms with van der Waals surface area (Å²) in [6.07, 6.45) is 0. The Morgan fingerprint density at radius 1 is 1.00 bits per heavy atom. The van der Waals surface area contributed by atoms with Gasteiger partial charge >= 0.3 is 12.1 Å². The number of hydrogen-bond acceptors (Lipinski definition) is 2. The van der Waals surface area contributed by atoms with E-state index in [2.05, 4.69) is 22.2 Å². The van der Waals surface area contributed by atoms with Crippen molar-refractivity contribution in [3.8, 4) is 12.1 Å². The van der Waals surface area contributed by atoms with Gasteiger partial charge in [0.2, 0.25) is 10.0 Å². The molecule has 0 fully saturated rings. The van der Waals surface area contributed by atoms with Crippen molar-refractivity contribution in [1.82, 2.24) is 0 Å². The molecule has 0 saturated heterocycles. The maximum absolute atomic E-state index is 8.47. The van der Waals surface area contributed by atoms with Gasteiger partial charge in [-0.05, 0) is 43.5 Å². The minimum absolute atomic E-state index is 0.719. The van der Waals surface area contributed by atoms with Crippen LogP contribution >= 0.6 is 0 Å². The molecule has 15 heavy (non-hydrogen) atoms. The number of nitrogens with zero attached hydrogens (tertiary/aromatic N) is 2. The first-order valence-electron chi connectivity index (χ1n) is 4.42. The van der Waals surface area contributed by atoms with Gasteiger partial charge in [0, 0.05) is 0 Å². The highest BCUT2D eigenvalue weighted by Gasteiger charge is 2.14. The third kappa shape index (κ3) is 2.00. The smallest absolute Gasteiger partial charge is 0.177 e. The highest BCUT2D eigenvalue weighted by atomic mass is 16.4. The Balaban J connectivity index is 3.53. The minimum Gasteiger partial charge on any atom is -0.177 e. The second-order valence-electron chi connectivity index (χ2n) is 3.29. The van der Waals surface area contributed by atoms with E-state index in [1.807, 2.05) is 20.8 Å². The molecule has 0 spiro atoms. The van der Waals surface area contributed by atoms with E-state index < -0.39 is 0 Å². The van der Waals surface area contributed by atoms with Crippen LogP contribution in [0.25, 0.3) is 10.0 Å². The van der Waals surface area contributed by atoms with Crippen molar-refractivity contribution in [3.05, 3.63) is 43.9 Å². The fraction of sp³-hybridized carbons (Fsp3) is 0.273. The molecule has 0 unspecified atom stereocenters. The van der Waals surface area contributed by atoms with Crippen LogP contribution in [-0.4, -0.2) is 10.4 Å². The maximum Gasteiger partial charge on any atom is 0.388 e. The standard InChI is InChI=1S/C11H10N2O2/c1-7-4-10(5-12-14)8(2)9(3)11(7)6-13-15/h4H,1-3H3/p+2. The van der Waals surface area contributed by atoms with Crippen molar-refractivity contribution in [3.63, 3.8) is 0 Å². The molecular weight excluding hydrogens is 192 g/mol. The first kappa shape index (κ1) is 10.9. The molecule has 76 valence electrons. The molecule has 0 bridgehead atoms. The van der Waals surface area contributed by atoms with Crippen LogP contribution in [0.3, 0.4) is 0 Å². The molecule has 0 radical (unpaired) electrons. The zero-order valence-electron chi connectivity index (χ0n) is 8.87. The van der Waals surface area contributed by atoms with Gasteiger partial charge in [-0.3, -0.25) is 0 Å². The summed E-state index contributed by atoms with van der Waals surface area (Å²) >= 11 is 0. The Hall–Kier alpha value is -2.20. The van der Waals surface area contributed by atoms with Crippen LogP contribution in [0.15, 0.2) is 6.07 Å². The molecule has 0 aliphatic carbocycles. The molecule has 1 aromatic rings. The minimum atomic E-state index is 0.719. The third-order valence-corrected chi connectivity index (χ3v) is 2.43. The molecule has 0 heterocycles. The second-order valence-corrected chi connectivity index (χ2v) is 3.29. The normalized spacial score (nSPS) is 8.47. The zero-order valence-corrected chi connectivity index (χ0v) is 8.87. The molecular formula is C11H12N2O2+2. The van der Waals surface area contributed by atoms with Gasteiger partial charge in [0.15, 0.2) is 0 Å². The topological polar surface area (TPSA) is 49.2 Å². The Labute approximate surface area is 88.0 Å². The van der Waals surface area contributed by atoms with E-state index in [0.29, 0.717) is 0 Å². The van der Waals surface area contributed by atoms with E-state index in [9.17, 15) is 0 Å². The monoisotopic (exact) mass is 204 g/mol. The number of rotatable bonds is 0. The molecule has 0 aliphatic rings. The van der Waals surface area contributed by atoms with Gasteiger partial charge in [0.05, 0.1) is 0 Å². The Bertz CT molecular complexity index is 513. The van der Waals surface area contributed by atoms with Crippen LogP contribution < -0.4 is 0 Å². The SMILES string of the molecule is Cc1cc(C#[N+]O)c(C)c(C)c1C#[N+]O. The van der Waals surface area contributed by atoms with Crippen molar-refractivity contribution in [2.45, 2.75) is 20.8 Å². The Morgan fingerprint density at radius 3 is 2.13 bits per heavy atom. The van der Waals surface area contributed by atoms with Crippen LogP contribution in [0.5, 0.6) is 0 Å². The van der Waals surface area contributed by atoms with Crippen LogP contribution in [0.2, 0.25) is 0 Å². The molecule has 0 saturated carbocycles. The van der Waals surface area contributed by atoms with Crippen molar-refractivity contribution < 1.29 is 10.4 Å². The van der Waals surface area contributed by atoms with E-state index in [0.717, 1.165) is 27.8 Å². The number of aryl methyl sites for hydroxylation is 1. The summed E-state index contributed by atoms with van der Waals surface area (Å²) in [6, 6.07) is 6.80. The maximum atomic E-state index is 8.47. The fourth-order valence-corrected chi connectivity index (χ4v) is 1.47. The Morgan fingerprint density at radius 2 is 1.60 bits per heavy atom. The van der Waals surface area contributed by atoms with Crippen molar-refractivity contribution in [2.24, 2.45) is 0 Å². The van der Waals surface area contributed by atoms with Gasteiger partial charge < -0.3 is 0 Å². The molecule has 4 nitrogen and oxygen atoms in total. The predicted octanol–water partition coefficient (Wildman–Crippen LogP) is 2.75. The van der Waals surface area contributed by atoms with Crippen molar-refractivity contribution >= 4 is 0 Å². The van der Waals surface area contributed by atoms with Crippen LogP contribution in [0, 0.1) is 32.9 Å². The lowest BCUT2D eigenvalue weighted by Crippen LogP contribution is -1.95. The van der Waals surface area contributed by atoms with E-state index in [-0.39, 0.29) is 0 Å². The van der Waals surface area contributed by atoms with Crippen molar-refractivity contribution in [2.75, 3.05) is 0 Å². The molecule has 1 aromatic carbocycles. The predicted molar refractivity (Wildman–Crippen MR) is 56.9 cm³/mol. The first-order chi connectivity index (χ1) is 7.11. The lowest BCUT2D eigenvalue weighted by Gasteiger charge is -2.03. The summed E-state index contributed by atoms with van der Waals surface area (Å²) < 4.78 is 0.